The summed E-state index contributed by atoms with van der Waals surface area (Å²) in [5.74, 6) is 0.127. The maximum absolute atomic E-state index is 12.1. The van der Waals surface area contributed by atoms with Crippen molar-refractivity contribution < 1.29 is 19.2 Å². The van der Waals surface area contributed by atoms with Gasteiger partial charge in [0.25, 0.3) is 16.8 Å². The molecule has 1 aliphatic rings. The van der Waals surface area contributed by atoms with Crippen LogP contribution < -0.4 is 4.74 Å². The molecule has 3 rings (SSSR count). The molecular formula is C18H13BrN2O5S. The minimum absolute atomic E-state index is 0.0104. The van der Waals surface area contributed by atoms with E-state index in [4.69, 9.17) is 4.74 Å². The highest BCUT2D eigenvalue weighted by Crippen LogP contribution is 2.34. The first-order valence-electron chi connectivity index (χ1n) is 7.72. The predicted molar refractivity (Wildman–Crippen MR) is 105 cm³/mol. The Morgan fingerprint density at radius 3 is 2.70 bits per heavy atom. The average molecular weight is 449 g/mol. The van der Waals surface area contributed by atoms with Crippen LogP contribution in [0.5, 0.6) is 5.75 Å². The number of non-ortho nitro benzene ring substituents is 1. The molecule has 0 unspecified atom stereocenters. The molecule has 0 atom stereocenters. The van der Waals surface area contributed by atoms with Crippen molar-refractivity contribution in [1.82, 2.24) is 4.90 Å². The molecule has 2 amide bonds. The molecule has 7 nitrogen and oxygen atoms in total. The first-order chi connectivity index (χ1) is 12.8. The summed E-state index contributed by atoms with van der Waals surface area (Å²) in [6.45, 7) is 0.124. The van der Waals surface area contributed by atoms with Crippen molar-refractivity contribution in [2.24, 2.45) is 0 Å². The van der Waals surface area contributed by atoms with Crippen molar-refractivity contribution in [1.29, 1.82) is 0 Å². The van der Waals surface area contributed by atoms with Gasteiger partial charge in [0.1, 0.15) is 12.4 Å². The Bertz CT molecular complexity index is 976. The van der Waals surface area contributed by atoms with Crippen LogP contribution in [0.3, 0.4) is 0 Å². The number of ether oxygens (including phenoxy) is 1. The summed E-state index contributed by atoms with van der Waals surface area (Å²) in [6, 6.07) is 11.5. The maximum Gasteiger partial charge on any atom is 0.293 e. The van der Waals surface area contributed by atoms with E-state index in [-0.39, 0.29) is 23.4 Å². The number of hydrogen-bond acceptors (Lipinski definition) is 6. The van der Waals surface area contributed by atoms with E-state index in [9.17, 15) is 19.7 Å². The standard InChI is InChI=1S/C18H13BrN2O5S/c1-20-17(22)16(27-18(20)23)9-12-8-13(19)5-6-15(12)26-10-11-3-2-4-14(7-11)21(24)25/h2-9H,10H2,1H3/b16-9-. The molecule has 0 spiro atoms. The minimum atomic E-state index is -0.463. The number of imide groups is 1. The molecule has 1 heterocycles. The van der Waals surface area contributed by atoms with Gasteiger partial charge in [-0.2, -0.15) is 0 Å². The fourth-order valence-electron chi connectivity index (χ4n) is 2.37. The molecule has 1 aliphatic heterocycles. The SMILES string of the molecule is CN1C(=O)S/C(=C\c2cc(Br)ccc2OCc2cccc([N+](=O)[O-])c2)C1=O. The van der Waals surface area contributed by atoms with Crippen LogP contribution in [0.25, 0.3) is 6.08 Å². The highest BCUT2D eigenvalue weighted by Gasteiger charge is 2.32. The van der Waals surface area contributed by atoms with Crippen LogP contribution in [-0.2, 0) is 11.4 Å². The van der Waals surface area contributed by atoms with Gasteiger partial charge in [0.15, 0.2) is 0 Å². The topological polar surface area (TPSA) is 89.8 Å². The van der Waals surface area contributed by atoms with Crippen molar-refractivity contribution in [3.8, 4) is 5.75 Å². The first kappa shape index (κ1) is 19.1. The molecule has 1 fully saturated rings. The lowest BCUT2D eigenvalue weighted by atomic mass is 10.1. The van der Waals surface area contributed by atoms with Gasteiger partial charge in [-0.05, 0) is 41.6 Å². The maximum atomic E-state index is 12.1. The lowest BCUT2D eigenvalue weighted by Gasteiger charge is -2.10. The van der Waals surface area contributed by atoms with Crippen LogP contribution in [0.2, 0.25) is 0 Å². The smallest absolute Gasteiger partial charge is 0.293 e. The zero-order valence-electron chi connectivity index (χ0n) is 14.0. The molecule has 27 heavy (non-hydrogen) atoms. The van der Waals surface area contributed by atoms with Crippen molar-refractivity contribution in [3.05, 3.63) is 73.1 Å². The summed E-state index contributed by atoms with van der Waals surface area (Å²) in [7, 11) is 1.43. The molecule has 0 radical (unpaired) electrons. The first-order valence-corrected chi connectivity index (χ1v) is 9.33. The van der Waals surface area contributed by atoms with E-state index >= 15 is 0 Å². The summed E-state index contributed by atoms with van der Waals surface area (Å²) in [4.78, 5) is 35.5. The van der Waals surface area contributed by atoms with E-state index in [1.807, 2.05) is 0 Å². The van der Waals surface area contributed by atoms with E-state index in [1.54, 1.807) is 36.4 Å². The number of hydrogen-bond donors (Lipinski definition) is 0. The molecule has 9 heteroatoms. The number of likely N-dealkylation sites (N-methyl/N-ethyl adjacent to an activating group) is 1. The zero-order chi connectivity index (χ0) is 19.6. The summed E-state index contributed by atoms with van der Waals surface area (Å²) in [5, 5.41) is 10.5. The second-order valence-corrected chi connectivity index (χ2v) is 7.55. The van der Waals surface area contributed by atoms with Gasteiger partial charge in [0, 0.05) is 29.2 Å². The van der Waals surface area contributed by atoms with Crippen LogP contribution >= 0.6 is 27.7 Å². The largest absolute Gasteiger partial charge is 0.488 e. The average Bonchev–Trinajstić information content (AvgIpc) is 2.88. The molecule has 138 valence electrons. The summed E-state index contributed by atoms with van der Waals surface area (Å²) >= 11 is 4.24. The van der Waals surface area contributed by atoms with E-state index in [2.05, 4.69) is 15.9 Å². The molecule has 2 aromatic carbocycles. The lowest BCUT2D eigenvalue weighted by molar-refractivity contribution is -0.384. The third-order valence-corrected chi connectivity index (χ3v) is 5.21. The van der Waals surface area contributed by atoms with Crippen molar-refractivity contribution in [2.45, 2.75) is 6.61 Å². The molecule has 0 N–H and O–H groups in total. The molecular weight excluding hydrogens is 436 g/mol. The summed E-state index contributed by atoms with van der Waals surface area (Å²) < 4.78 is 6.59. The number of rotatable bonds is 5. The van der Waals surface area contributed by atoms with Crippen LogP contribution in [0.15, 0.2) is 51.8 Å². The number of carbonyl (C=O) groups is 2. The summed E-state index contributed by atoms with van der Waals surface area (Å²) in [5.41, 5.74) is 1.25. The van der Waals surface area contributed by atoms with Gasteiger partial charge in [0.2, 0.25) is 0 Å². The molecule has 0 bridgehead atoms. The van der Waals surface area contributed by atoms with Gasteiger partial charge in [-0.3, -0.25) is 24.6 Å². The Morgan fingerprint density at radius 1 is 1.26 bits per heavy atom. The quantitative estimate of drug-likeness (QED) is 0.377. The molecule has 2 aromatic rings. The van der Waals surface area contributed by atoms with Crippen molar-refractivity contribution >= 4 is 50.6 Å². The fraction of sp³-hybridized carbons (Fsp3) is 0.111. The number of nitro benzene ring substituents is 1. The zero-order valence-corrected chi connectivity index (χ0v) is 16.5. The van der Waals surface area contributed by atoms with Gasteiger partial charge < -0.3 is 4.74 Å². The van der Waals surface area contributed by atoms with Crippen LogP contribution in [-0.4, -0.2) is 28.0 Å². The minimum Gasteiger partial charge on any atom is -0.488 e. The van der Waals surface area contributed by atoms with Gasteiger partial charge >= 0.3 is 0 Å². The van der Waals surface area contributed by atoms with Crippen molar-refractivity contribution in [3.63, 3.8) is 0 Å². The number of nitro groups is 1. The second kappa shape index (κ2) is 7.93. The highest BCUT2D eigenvalue weighted by atomic mass is 79.9. The molecule has 1 saturated heterocycles. The number of amides is 2. The number of thioether (sulfide) groups is 1. The Hall–Kier alpha value is -2.65. The molecule has 0 saturated carbocycles. The third-order valence-electron chi connectivity index (χ3n) is 3.76. The normalized spacial score (nSPS) is 15.5. The highest BCUT2D eigenvalue weighted by molar-refractivity contribution is 9.10. The Kier molecular flexibility index (Phi) is 5.62. The lowest BCUT2D eigenvalue weighted by Crippen LogP contribution is -2.22. The number of halogens is 1. The van der Waals surface area contributed by atoms with E-state index in [0.717, 1.165) is 21.1 Å². The molecule has 0 aliphatic carbocycles. The van der Waals surface area contributed by atoms with E-state index < -0.39 is 4.92 Å². The second-order valence-electron chi connectivity index (χ2n) is 5.64. The third kappa shape index (κ3) is 4.37. The van der Waals surface area contributed by atoms with Gasteiger partial charge in [-0.25, -0.2) is 0 Å². The Balaban J connectivity index is 1.85. The monoisotopic (exact) mass is 448 g/mol. The van der Waals surface area contributed by atoms with Crippen molar-refractivity contribution in [2.75, 3.05) is 7.05 Å². The van der Waals surface area contributed by atoms with E-state index in [0.29, 0.717) is 21.8 Å². The van der Waals surface area contributed by atoms with Crippen LogP contribution in [0, 0.1) is 10.1 Å². The number of carbonyl (C=O) groups excluding carboxylic acids is 2. The van der Waals surface area contributed by atoms with E-state index in [1.165, 1.54) is 19.2 Å². The van der Waals surface area contributed by atoms with Gasteiger partial charge in [0.05, 0.1) is 9.83 Å². The molecule has 0 aromatic heterocycles. The Labute approximate surface area is 167 Å². The van der Waals surface area contributed by atoms with Crippen LogP contribution in [0.1, 0.15) is 11.1 Å². The predicted octanol–water partition coefficient (Wildman–Crippen LogP) is 4.60. The number of nitrogens with zero attached hydrogens (tertiary/aromatic N) is 2. The Morgan fingerprint density at radius 2 is 2.04 bits per heavy atom. The van der Waals surface area contributed by atoms with Crippen LogP contribution in [0.4, 0.5) is 10.5 Å². The number of benzene rings is 2. The van der Waals surface area contributed by atoms with Gasteiger partial charge in [-0.15, -0.1) is 0 Å². The fourth-order valence-corrected chi connectivity index (χ4v) is 3.57. The summed E-state index contributed by atoms with van der Waals surface area (Å²) in [6.07, 6.45) is 1.60. The van der Waals surface area contributed by atoms with Gasteiger partial charge in [-0.1, -0.05) is 28.1 Å².